The highest BCUT2D eigenvalue weighted by Gasteiger charge is 2.28. The van der Waals surface area contributed by atoms with Gasteiger partial charge in [-0.1, -0.05) is 11.6 Å². The van der Waals surface area contributed by atoms with Crippen molar-refractivity contribution < 1.29 is 24.2 Å². The van der Waals surface area contributed by atoms with Crippen molar-refractivity contribution in [1.82, 2.24) is 4.90 Å². The molecule has 0 aliphatic carbocycles. The molecule has 108 valence electrons. The van der Waals surface area contributed by atoms with E-state index < -0.39 is 12.1 Å². The van der Waals surface area contributed by atoms with Crippen molar-refractivity contribution in [3.63, 3.8) is 0 Å². The SMILES string of the molecule is O=C(O)C1CN(C(=O)COc2ccc(Cl)cc2)CCO1. The van der Waals surface area contributed by atoms with Gasteiger partial charge in [0.1, 0.15) is 5.75 Å². The molecule has 0 spiro atoms. The summed E-state index contributed by atoms with van der Waals surface area (Å²) in [5.74, 6) is -0.804. The zero-order valence-electron chi connectivity index (χ0n) is 10.6. The maximum atomic E-state index is 11.9. The summed E-state index contributed by atoms with van der Waals surface area (Å²) in [5, 5.41) is 9.45. The van der Waals surface area contributed by atoms with Crippen molar-refractivity contribution in [2.24, 2.45) is 0 Å². The Balaban J connectivity index is 1.85. The summed E-state index contributed by atoms with van der Waals surface area (Å²) in [5.41, 5.74) is 0. The number of ether oxygens (including phenoxy) is 2. The van der Waals surface area contributed by atoms with Gasteiger partial charge in [0.15, 0.2) is 12.7 Å². The molecule has 1 atom stereocenters. The molecule has 1 saturated heterocycles. The summed E-state index contributed by atoms with van der Waals surface area (Å²) >= 11 is 5.74. The fraction of sp³-hybridized carbons (Fsp3) is 0.385. The second kappa shape index (κ2) is 6.58. The Kier molecular flexibility index (Phi) is 4.81. The van der Waals surface area contributed by atoms with Crippen molar-refractivity contribution in [2.75, 3.05) is 26.3 Å². The largest absolute Gasteiger partial charge is 0.484 e. The summed E-state index contributed by atoms with van der Waals surface area (Å²) in [6.07, 6.45) is -0.969. The van der Waals surface area contributed by atoms with Gasteiger partial charge in [-0.3, -0.25) is 4.79 Å². The second-order valence-electron chi connectivity index (χ2n) is 4.28. The molecule has 0 saturated carbocycles. The molecular weight excluding hydrogens is 286 g/mol. The predicted molar refractivity (Wildman–Crippen MR) is 70.9 cm³/mol. The van der Waals surface area contributed by atoms with Crippen LogP contribution < -0.4 is 4.74 Å². The van der Waals surface area contributed by atoms with E-state index in [9.17, 15) is 9.59 Å². The molecular formula is C13H14ClNO5. The van der Waals surface area contributed by atoms with E-state index in [-0.39, 0.29) is 25.7 Å². The lowest BCUT2D eigenvalue weighted by Crippen LogP contribution is -2.49. The summed E-state index contributed by atoms with van der Waals surface area (Å²) < 4.78 is 10.4. The second-order valence-corrected chi connectivity index (χ2v) is 4.72. The molecule has 0 radical (unpaired) electrons. The lowest BCUT2D eigenvalue weighted by molar-refractivity contribution is -0.159. The number of hydrogen-bond acceptors (Lipinski definition) is 4. The number of amides is 1. The first-order valence-electron chi connectivity index (χ1n) is 6.07. The van der Waals surface area contributed by atoms with Crippen LogP contribution in [0.3, 0.4) is 0 Å². The van der Waals surface area contributed by atoms with Crippen molar-refractivity contribution in [1.29, 1.82) is 0 Å². The predicted octanol–water partition coefficient (Wildman–Crippen LogP) is 1.03. The molecule has 1 aromatic rings. The van der Waals surface area contributed by atoms with Crippen LogP contribution in [0.5, 0.6) is 5.75 Å². The molecule has 1 unspecified atom stereocenters. The number of carbonyl (C=O) groups is 2. The highest BCUT2D eigenvalue weighted by molar-refractivity contribution is 6.30. The Morgan fingerprint density at radius 2 is 2.10 bits per heavy atom. The van der Waals surface area contributed by atoms with Gasteiger partial charge in [0.2, 0.25) is 0 Å². The van der Waals surface area contributed by atoms with E-state index >= 15 is 0 Å². The van der Waals surface area contributed by atoms with Gasteiger partial charge < -0.3 is 19.5 Å². The van der Waals surface area contributed by atoms with Gasteiger partial charge in [0.05, 0.1) is 13.2 Å². The van der Waals surface area contributed by atoms with E-state index in [1.807, 2.05) is 0 Å². The molecule has 1 aliphatic heterocycles. The fourth-order valence-electron chi connectivity index (χ4n) is 1.79. The summed E-state index contributed by atoms with van der Waals surface area (Å²) in [7, 11) is 0. The number of nitrogens with zero attached hydrogens (tertiary/aromatic N) is 1. The monoisotopic (exact) mass is 299 g/mol. The maximum absolute atomic E-state index is 11.9. The number of carboxylic acid groups (broad SMARTS) is 1. The average Bonchev–Trinajstić information content (AvgIpc) is 2.46. The van der Waals surface area contributed by atoms with E-state index in [0.717, 1.165) is 0 Å². The number of benzene rings is 1. The number of halogens is 1. The van der Waals surface area contributed by atoms with Crippen molar-refractivity contribution in [3.8, 4) is 5.75 Å². The van der Waals surface area contributed by atoms with Crippen molar-refractivity contribution >= 4 is 23.5 Å². The van der Waals surface area contributed by atoms with Crippen LogP contribution in [0, 0.1) is 0 Å². The first kappa shape index (κ1) is 14.6. The number of carboxylic acids is 1. The fourth-order valence-corrected chi connectivity index (χ4v) is 1.92. The van der Waals surface area contributed by atoms with Crippen molar-refractivity contribution in [3.05, 3.63) is 29.3 Å². The van der Waals surface area contributed by atoms with Gasteiger partial charge in [-0.05, 0) is 24.3 Å². The molecule has 20 heavy (non-hydrogen) atoms. The molecule has 1 aliphatic rings. The van der Waals surface area contributed by atoms with Crippen LogP contribution in [0.1, 0.15) is 0 Å². The Morgan fingerprint density at radius 1 is 1.40 bits per heavy atom. The highest BCUT2D eigenvalue weighted by Crippen LogP contribution is 2.15. The maximum Gasteiger partial charge on any atom is 0.334 e. The van der Waals surface area contributed by atoms with Crippen LogP contribution in [0.25, 0.3) is 0 Å². The molecule has 1 N–H and O–H groups in total. The first-order chi connectivity index (χ1) is 9.56. The van der Waals surface area contributed by atoms with E-state index in [1.54, 1.807) is 24.3 Å². The molecule has 6 nitrogen and oxygen atoms in total. The molecule has 1 fully saturated rings. The van der Waals surface area contributed by atoms with E-state index in [4.69, 9.17) is 26.2 Å². The van der Waals surface area contributed by atoms with Gasteiger partial charge in [-0.25, -0.2) is 4.79 Å². The molecule has 7 heteroatoms. The van der Waals surface area contributed by atoms with Gasteiger partial charge in [0, 0.05) is 11.6 Å². The quantitative estimate of drug-likeness (QED) is 0.898. The normalized spacial score (nSPS) is 18.6. The van der Waals surface area contributed by atoms with E-state index in [1.165, 1.54) is 4.90 Å². The number of rotatable bonds is 4. The zero-order valence-corrected chi connectivity index (χ0v) is 11.4. The summed E-state index contributed by atoms with van der Waals surface area (Å²) in [4.78, 5) is 24.2. The topological polar surface area (TPSA) is 76.1 Å². The minimum atomic E-state index is -1.07. The standard InChI is InChI=1S/C13H14ClNO5/c14-9-1-3-10(4-2-9)20-8-12(16)15-5-6-19-11(7-15)13(17)18/h1-4,11H,5-8H2,(H,17,18). The van der Waals surface area contributed by atoms with Gasteiger partial charge in [0.25, 0.3) is 5.91 Å². The Labute approximate surface area is 120 Å². The first-order valence-corrected chi connectivity index (χ1v) is 6.44. The lowest BCUT2D eigenvalue weighted by Gasteiger charge is -2.30. The van der Waals surface area contributed by atoms with Crippen LogP contribution in [-0.4, -0.2) is 54.3 Å². The highest BCUT2D eigenvalue weighted by atomic mass is 35.5. The molecule has 1 aromatic carbocycles. The lowest BCUT2D eigenvalue weighted by atomic mass is 10.2. The molecule has 0 aromatic heterocycles. The number of carbonyl (C=O) groups excluding carboxylic acids is 1. The van der Waals surface area contributed by atoms with Gasteiger partial charge in [-0.2, -0.15) is 0 Å². The third-order valence-corrected chi connectivity index (χ3v) is 3.12. The van der Waals surface area contributed by atoms with Crippen LogP contribution in [0.2, 0.25) is 5.02 Å². The Hall–Kier alpha value is -1.79. The van der Waals surface area contributed by atoms with Crippen LogP contribution in [0.15, 0.2) is 24.3 Å². The van der Waals surface area contributed by atoms with Crippen LogP contribution in [0.4, 0.5) is 0 Å². The molecule has 2 rings (SSSR count). The Bertz CT molecular complexity index is 490. The summed E-state index contributed by atoms with van der Waals surface area (Å²) in [6, 6.07) is 6.65. The Morgan fingerprint density at radius 3 is 2.75 bits per heavy atom. The van der Waals surface area contributed by atoms with E-state index in [2.05, 4.69) is 0 Å². The zero-order chi connectivity index (χ0) is 14.5. The average molecular weight is 300 g/mol. The minimum absolute atomic E-state index is 0.0398. The van der Waals surface area contributed by atoms with E-state index in [0.29, 0.717) is 17.3 Å². The van der Waals surface area contributed by atoms with Crippen LogP contribution >= 0.6 is 11.6 Å². The van der Waals surface area contributed by atoms with Gasteiger partial charge >= 0.3 is 5.97 Å². The smallest absolute Gasteiger partial charge is 0.334 e. The molecule has 0 bridgehead atoms. The minimum Gasteiger partial charge on any atom is -0.484 e. The third-order valence-electron chi connectivity index (χ3n) is 2.87. The van der Waals surface area contributed by atoms with Gasteiger partial charge in [-0.15, -0.1) is 0 Å². The molecule has 1 heterocycles. The summed E-state index contributed by atoms with van der Waals surface area (Å²) in [6.45, 7) is 0.475. The van der Waals surface area contributed by atoms with Crippen LogP contribution in [-0.2, 0) is 14.3 Å². The molecule has 1 amide bonds. The number of hydrogen-bond donors (Lipinski definition) is 1. The third kappa shape index (κ3) is 3.85. The number of aliphatic carboxylic acids is 1. The van der Waals surface area contributed by atoms with Crippen molar-refractivity contribution in [2.45, 2.75) is 6.10 Å². The number of morpholine rings is 1.